The van der Waals surface area contributed by atoms with Gasteiger partial charge in [0.1, 0.15) is 19.8 Å². The zero-order chi connectivity index (χ0) is 29.5. The summed E-state index contributed by atoms with van der Waals surface area (Å²) in [6.07, 6.45) is 6.30. The van der Waals surface area contributed by atoms with Gasteiger partial charge in [0.15, 0.2) is 18.9 Å². The third-order valence-corrected chi connectivity index (χ3v) is 4.42. The molecule has 0 radical (unpaired) electrons. The van der Waals surface area contributed by atoms with E-state index in [0.29, 0.717) is 0 Å². The fraction of sp³-hybridized carbons (Fsp3) is 0.667. The summed E-state index contributed by atoms with van der Waals surface area (Å²) < 4.78 is 49.7. The van der Waals surface area contributed by atoms with Crippen molar-refractivity contribution in [1.82, 2.24) is 0 Å². The zero-order valence-corrected chi connectivity index (χ0v) is 24.0. The Morgan fingerprint density at radius 2 is 0.846 bits per heavy atom. The molecule has 0 aromatic carbocycles. The van der Waals surface area contributed by atoms with Crippen LogP contribution in [-0.2, 0) is 57.0 Å². The maximum absolute atomic E-state index is 11.4. The first kappa shape index (κ1) is 36.4. The van der Waals surface area contributed by atoms with E-state index in [1.165, 1.54) is 18.2 Å². The molecule has 3 unspecified atom stereocenters. The maximum atomic E-state index is 11.4. The molecule has 0 fully saturated rings. The minimum Gasteiger partial charge on any atom is -0.460 e. The Kier molecular flexibility index (Phi) is 20.7. The summed E-state index contributed by atoms with van der Waals surface area (Å²) in [6.45, 7) is 12.0. The molecule has 0 N–H and O–H groups in total. The maximum Gasteiger partial charge on any atom is 0.330 e. The summed E-state index contributed by atoms with van der Waals surface area (Å²) in [4.78, 5) is 34.3. The van der Waals surface area contributed by atoms with Crippen molar-refractivity contribution in [3.63, 3.8) is 0 Å². The summed E-state index contributed by atoms with van der Waals surface area (Å²) >= 11 is 0. The minimum absolute atomic E-state index is 0.0224. The molecule has 39 heavy (non-hydrogen) atoms. The summed E-state index contributed by atoms with van der Waals surface area (Å²) in [5.41, 5.74) is 0. The van der Waals surface area contributed by atoms with E-state index in [2.05, 4.69) is 0 Å². The van der Waals surface area contributed by atoms with Gasteiger partial charge in [-0.25, -0.2) is 14.4 Å². The zero-order valence-electron chi connectivity index (χ0n) is 24.0. The first-order valence-corrected chi connectivity index (χ1v) is 12.9. The van der Waals surface area contributed by atoms with E-state index < -0.39 is 42.8 Å². The summed E-state index contributed by atoms with van der Waals surface area (Å²) in [5, 5.41) is 0. The first-order chi connectivity index (χ1) is 18.6. The number of rotatable bonds is 22. The number of carbonyl (C=O) groups is 3. The normalized spacial score (nSPS) is 15.8. The Labute approximate surface area is 231 Å². The van der Waals surface area contributed by atoms with Crippen molar-refractivity contribution in [2.75, 3.05) is 39.6 Å². The number of ether oxygens (including phenoxy) is 9. The van der Waals surface area contributed by atoms with Gasteiger partial charge in [-0.05, 0) is 41.5 Å². The average molecular weight is 561 g/mol. The highest BCUT2D eigenvalue weighted by Gasteiger charge is 2.38. The van der Waals surface area contributed by atoms with Crippen LogP contribution in [0, 0.1) is 0 Å². The molecule has 0 heterocycles. The van der Waals surface area contributed by atoms with Gasteiger partial charge < -0.3 is 28.4 Å². The smallest absolute Gasteiger partial charge is 0.330 e. The second-order valence-corrected chi connectivity index (χ2v) is 7.71. The average Bonchev–Trinajstić information content (AvgIpc) is 2.87. The van der Waals surface area contributed by atoms with Crippen molar-refractivity contribution in [2.24, 2.45) is 0 Å². The van der Waals surface area contributed by atoms with E-state index in [4.69, 9.17) is 42.6 Å². The van der Waals surface area contributed by atoms with Crippen molar-refractivity contribution >= 4 is 17.9 Å². The molecule has 0 aliphatic rings. The Hall–Kier alpha value is -2.61. The molecule has 3 atom stereocenters. The van der Waals surface area contributed by atoms with Crippen molar-refractivity contribution in [2.45, 2.75) is 79.7 Å². The second kappa shape index (κ2) is 22.2. The highest BCUT2D eigenvalue weighted by Crippen LogP contribution is 2.27. The van der Waals surface area contributed by atoms with Crippen LogP contribution in [0.5, 0.6) is 0 Å². The Morgan fingerprint density at radius 1 is 0.564 bits per heavy atom. The van der Waals surface area contributed by atoms with Gasteiger partial charge in [-0.2, -0.15) is 0 Å². The number of allylic oxidation sites excluding steroid dienone is 3. The van der Waals surface area contributed by atoms with Crippen LogP contribution in [0.3, 0.4) is 0 Å². The third kappa shape index (κ3) is 19.2. The van der Waals surface area contributed by atoms with Gasteiger partial charge in [0.2, 0.25) is 0 Å². The molecule has 12 nitrogen and oxygen atoms in total. The van der Waals surface area contributed by atoms with E-state index in [0.717, 1.165) is 0 Å². The monoisotopic (exact) mass is 560 g/mol. The molecule has 0 bridgehead atoms. The lowest BCUT2D eigenvalue weighted by Gasteiger charge is -2.38. The second-order valence-electron chi connectivity index (χ2n) is 7.71. The predicted octanol–water partition coefficient (Wildman–Crippen LogP) is 3.55. The molecule has 0 aliphatic heterocycles. The lowest BCUT2D eigenvalue weighted by molar-refractivity contribution is -0.468. The van der Waals surface area contributed by atoms with Gasteiger partial charge in [-0.1, -0.05) is 25.2 Å². The number of hydrogen-bond acceptors (Lipinski definition) is 12. The lowest BCUT2D eigenvalue weighted by atomic mass is 10.4. The highest BCUT2D eigenvalue weighted by atomic mass is 16.9. The van der Waals surface area contributed by atoms with Gasteiger partial charge in [0.25, 0.3) is 5.97 Å². The summed E-state index contributed by atoms with van der Waals surface area (Å²) in [7, 11) is 0. The standard InChI is InChI=1S/C27H44O12/c1-8-12-24(28)34-18-15-31-21(5)37-27(11-4,38-22(6)32-16-19-35-25(29)13-9-2)39-23(7)33-17-20-36-26(30)14-10-3/h8-10,12-14,21-23H,11,15-20H2,1-7H3. The minimum atomic E-state index is -1.66. The Morgan fingerprint density at radius 3 is 1.08 bits per heavy atom. The van der Waals surface area contributed by atoms with Gasteiger partial charge in [0, 0.05) is 24.6 Å². The van der Waals surface area contributed by atoms with E-state index in [9.17, 15) is 14.4 Å². The van der Waals surface area contributed by atoms with Crippen LogP contribution in [0.15, 0.2) is 36.5 Å². The van der Waals surface area contributed by atoms with Crippen LogP contribution in [0.25, 0.3) is 0 Å². The number of hydrogen-bond donors (Lipinski definition) is 0. The predicted molar refractivity (Wildman–Crippen MR) is 140 cm³/mol. The van der Waals surface area contributed by atoms with E-state index in [1.807, 2.05) is 0 Å². The van der Waals surface area contributed by atoms with Crippen molar-refractivity contribution in [3.05, 3.63) is 36.5 Å². The fourth-order valence-corrected chi connectivity index (χ4v) is 2.82. The molecular formula is C27H44O12. The SMILES string of the molecule is CC=CC(=O)OCCOC(C)OC(CC)(OC(C)OCCOC(=O)C=CC)OC(C)OCCOC(=O)C=CC. The van der Waals surface area contributed by atoms with Gasteiger partial charge >= 0.3 is 17.9 Å². The molecule has 12 heteroatoms. The van der Waals surface area contributed by atoms with E-state index in [1.54, 1.807) is 66.7 Å². The van der Waals surface area contributed by atoms with Crippen LogP contribution in [0.4, 0.5) is 0 Å². The first-order valence-electron chi connectivity index (χ1n) is 12.9. The Bertz CT molecular complexity index is 679. The molecule has 0 amide bonds. The molecule has 0 spiro atoms. The van der Waals surface area contributed by atoms with Gasteiger partial charge in [0.05, 0.1) is 19.8 Å². The Balaban J connectivity index is 5.07. The van der Waals surface area contributed by atoms with Crippen LogP contribution < -0.4 is 0 Å². The quantitative estimate of drug-likeness (QED) is 0.0630. The van der Waals surface area contributed by atoms with E-state index >= 15 is 0 Å². The van der Waals surface area contributed by atoms with E-state index in [-0.39, 0.29) is 46.1 Å². The van der Waals surface area contributed by atoms with Crippen molar-refractivity contribution in [1.29, 1.82) is 0 Å². The molecule has 0 aromatic rings. The fourth-order valence-electron chi connectivity index (χ4n) is 2.82. The highest BCUT2D eigenvalue weighted by molar-refractivity contribution is 5.82. The largest absolute Gasteiger partial charge is 0.460 e. The van der Waals surface area contributed by atoms with Crippen LogP contribution in [0.1, 0.15) is 54.9 Å². The van der Waals surface area contributed by atoms with Crippen LogP contribution in [-0.4, -0.2) is 82.4 Å². The van der Waals surface area contributed by atoms with Crippen LogP contribution >= 0.6 is 0 Å². The van der Waals surface area contributed by atoms with Crippen LogP contribution in [0.2, 0.25) is 0 Å². The molecule has 0 aliphatic carbocycles. The van der Waals surface area contributed by atoms with Crippen molar-refractivity contribution in [3.8, 4) is 0 Å². The van der Waals surface area contributed by atoms with Gasteiger partial charge in [-0.3, -0.25) is 14.2 Å². The third-order valence-electron chi connectivity index (χ3n) is 4.42. The molecule has 0 aromatic heterocycles. The molecular weight excluding hydrogens is 516 g/mol. The summed E-state index contributed by atoms with van der Waals surface area (Å²) in [5.74, 6) is -3.10. The lowest BCUT2D eigenvalue weighted by Crippen LogP contribution is -2.47. The summed E-state index contributed by atoms with van der Waals surface area (Å²) in [6, 6.07) is 0. The van der Waals surface area contributed by atoms with Crippen molar-refractivity contribution < 1.29 is 57.0 Å². The molecule has 0 saturated heterocycles. The molecule has 224 valence electrons. The number of carbonyl (C=O) groups excluding carboxylic acids is 3. The topological polar surface area (TPSA) is 134 Å². The van der Waals surface area contributed by atoms with Gasteiger partial charge in [-0.15, -0.1) is 0 Å². The number of esters is 3. The molecule has 0 saturated carbocycles. The molecule has 0 rings (SSSR count).